The molecule has 25 heavy (non-hydrogen) atoms. The molecule has 1 aromatic carbocycles. The number of esters is 2. The molecule has 0 aliphatic heterocycles. The number of rotatable bonds is 3. The average Bonchev–Trinajstić information content (AvgIpc) is 2.44. The van der Waals surface area contributed by atoms with Gasteiger partial charge >= 0.3 is 18.0 Å². The molecule has 2 amide bonds. The van der Waals surface area contributed by atoms with E-state index in [1.54, 1.807) is 20.8 Å². The van der Waals surface area contributed by atoms with Gasteiger partial charge in [-0.15, -0.1) is 0 Å². The number of imide groups is 1. The first kappa shape index (κ1) is 20.1. The van der Waals surface area contributed by atoms with Crippen LogP contribution in [-0.2, 0) is 14.3 Å². The number of para-hydroxylation sites is 1. The molecule has 0 aliphatic rings. The molecule has 0 radical (unpaired) electrons. The summed E-state index contributed by atoms with van der Waals surface area (Å²) in [6.07, 6.45) is -1.09. The van der Waals surface area contributed by atoms with Crippen molar-refractivity contribution in [3.05, 3.63) is 23.8 Å². The van der Waals surface area contributed by atoms with Gasteiger partial charge in [-0.25, -0.2) is 10.6 Å². The van der Waals surface area contributed by atoms with E-state index in [0.717, 1.165) is 13.8 Å². The zero-order valence-corrected chi connectivity index (χ0v) is 14.6. The molecule has 2 N–H and O–H groups in total. The molecule has 0 aliphatic carbocycles. The van der Waals surface area contributed by atoms with Gasteiger partial charge in [-0.3, -0.25) is 14.4 Å². The van der Waals surface area contributed by atoms with E-state index in [-0.39, 0.29) is 22.1 Å². The third-order valence-electron chi connectivity index (χ3n) is 2.52. The van der Waals surface area contributed by atoms with Gasteiger partial charge in [-0.2, -0.15) is 5.01 Å². The van der Waals surface area contributed by atoms with Crippen LogP contribution in [-0.4, -0.2) is 34.5 Å². The van der Waals surface area contributed by atoms with E-state index < -0.39 is 29.5 Å². The van der Waals surface area contributed by atoms with Crippen molar-refractivity contribution in [1.29, 1.82) is 0 Å². The lowest BCUT2D eigenvalue weighted by Gasteiger charge is -2.23. The maximum absolute atomic E-state index is 12.5. The van der Waals surface area contributed by atoms with Gasteiger partial charge in [0.05, 0.1) is 5.56 Å². The molecule has 0 atom stereocenters. The lowest BCUT2D eigenvalue weighted by molar-refractivity contribution is -0.134. The number of carbonyl (C=O) groups is 4. The number of carbonyl (C=O) groups excluding carboxylic acids is 4. The summed E-state index contributed by atoms with van der Waals surface area (Å²) in [6.45, 7) is 7.06. The zero-order valence-electron chi connectivity index (χ0n) is 14.6. The van der Waals surface area contributed by atoms with Gasteiger partial charge in [0.2, 0.25) is 0 Å². The molecule has 0 fully saturated rings. The molecule has 0 spiro atoms. The van der Waals surface area contributed by atoms with Crippen molar-refractivity contribution in [1.82, 2.24) is 5.01 Å². The van der Waals surface area contributed by atoms with Crippen LogP contribution in [0.25, 0.3) is 0 Å². The van der Waals surface area contributed by atoms with E-state index >= 15 is 0 Å². The van der Waals surface area contributed by atoms with E-state index in [0.29, 0.717) is 0 Å². The minimum atomic E-state index is -1.09. The standard InChI is InChI=1S/C16H20N2O7/c1-9(19)23-12-8-6-7-11(13(12)24-10(2)20)14(21)18(17)15(22)25-16(3,4)5/h6-8H,17H2,1-5H3. The second-order valence-corrected chi connectivity index (χ2v) is 5.98. The highest BCUT2D eigenvalue weighted by atomic mass is 16.6. The predicted molar refractivity (Wildman–Crippen MR) is 85.7 cm³/mol. The molecule has 1 aromatic rings. The summed E-state index contributed by atoms with van der Waals surface area (Å²) in [7, 11) is 0. The fraction of sp³-hybridized carbons (Fsp3) is 0.375. The largest absolute Gasteiger partial charge is 0.442 e. The molecular weight excluding hydrogens is 332 g/mol. The molecule has 136 valence electrons. The first-order valence-electron chi connectivity index (χ1n) is 7.24. The third-order valence-corrected chi connectivity index (χ3v) is 2.52. The normalized spacial score (nSPS) is 10.6. The van der Waals surface area contributed by atoms with Crippen LogP contribution in [0, 0.1) is 0 Å². The number of nitrogens with two attached hydrogens (primary N) is 1. The maximum atomic E-state index is 12.5. The Labute approximate surface area is 144 Å². The Hall–Kier alpha value is -2.94. The van der Waals surface area contributed by atoms with Crippen molar-refractivity contribution in [3.63, 3.8) is 0 Å². The van der Waals surface area contributed by atoms with E-state index in [9.17, 15) is 19.2 Å². The van der Waals surface area contributed by atoms with Gasteiger partial charge in [-0.1, -0.05) is 6.07 Å². The number of hydrogen-bond acceptors (Lipinski definition) is 8. The van der Waals surface area contributed by atoms with Crippen molar-refractivity contribution in [3.8, 4) is 11.5 Å². The van der Waals surface area contributed by atoms with Gasteiger partial charge in [-0.05, 0) is 32.9 Å². The SMILES string of the molecule is CC(=O)Oc1cccc(C(=O)N(N)C(=O)OC(C)(C)C)c1OC(C)=O. The smallest absolute Gasteiger partial charge is 0.432 e. The molecule has 9 nitrogen and oxygen atoms in total. The van der Waals surface area contributed by atoms with Crippen LogP contribution in [0.5, 0.6) is 11.5 Å². The summed E-state index contributed by atoms with van der Waals surface area (Å²) in [5.41, 5.74) is -1.12. The van der Waals surface area contributed by atoms with Gasteiger partial charge in [0.15, 0.2) is 11.5 Å². The number of benzene rings is 1. The highest BCUT2D eigenvalue weighted by Crippen LogP contribution is 2.32. The maximum Gasteiger partial charge on any atom is 0.432 e. The molecule has 0 aromatic heterocycles. The second-order valence-electron chi connectivity index (χ2n) is 5.98. The van der Waals surface area contributed by atoms with Crippen LogP contribution in [0.2, 0.25) is 0 Å². The minimum Gasteiger partial charge on any atom is -0.442 e. The molecule has 0 saturated carbocycles. The zero-order chi connectivity index (χ0) is 19.4. The first-order valence-corrected chi connectivity index (χ1v) is 7.24. The Balaban J connectivity index is 3.25. The monoisotopic (exact) mass is 352 g/mol. The van der Waals surface area contributed by atoms with Gasteiger partial charge in [0.1, 0.15) is 5.60 Å². The molecule has 1 rings (SSSR count). The van der Waals surface area contributed by atoms with Crippen LogP contribution < -0.4 is 15.3 Å². The highest BCUT2D eigenvalue weighted by Gasteiger charge is 2.29. The number of hydrogen-bond donors (Lipinski definition) is 1. The minimum absolute atomic E-state index is 0.161. The van der Waals surface area contributed by atoms with Crippen LogP contribution in [0.3, 0.4) is 0 Å². The molecular formula is C16H20N2O7. The van der Waals surface area contributed by atoms with Gasteiger partial charge in [0.25, 0.3) is 5.91 Å². The van der Waals surface area contributed by atoms with E-state index in [1.807, 2.05) is 0 Å². The summed E-state index contributed by atoms with van der Waals surface area (Å²) in [5, 5.41) is 0.241. The molecule has 0 bridgehead atoms. The summed E-state index contributed by atoms with van der Waals surface area (Å²) >= 11 is 0. The molecule has 0 saturated heterocycles. The Morgan fingerprint density at radius 2 is 1.56 bits per heavy atom. The Kier molecular flexibility index (Phi) is 6.24. The van der Waals surface area contributed by atoms with Crippen molar-refractivity contribution >= 4 is 23.9 Å². The topological polar surface area (TPSA) is 125 Å². The van der Waals surface area contributed by atoms with Crippen molar-refractivity contribution in [2.75, 3.05) is 0 Å². The fourth-order valence-corrected chi connectivity index (χ4v) is 1.69. The lowest BCUT2D eigenvalue weighted by atomic mass is 10.1. The van der Waals surface area contributed by atoms with Crippen molar-refractivity contribution in [2.24, 2.45) is 5.84 Å². The van der Waals surface area contributed by atoms with Gasteiger partial charge < -0.3 is 14.2 Å². The van der Waals surface area contributed by atoms with Crippen molar-refractivity contribution < 1.29 is 33.4 Å². The molecule has 9 heteroatoms. The lowest BCUT2D eigenvalue weighted by Crippen LogP contribution is -2.45. The summed E-state index contributed by atoms with van der Waals surface area (Å²) in [4.78, 5) is 46.9. The molecule has 0 unspecified atom stereocenters. The summed E-state index contributed by atoms with van der Waals surface area (Å²) in [5.74, 6) is 2.59. The number of amides is 2. The molecule has 0 heterocycles. The highest BCUT2D eigenvalue weighted by molar-refractivity contribution is 6.05. The number of nitrogens with zero attached hydrogens (tertiary/aromatic N) is 1. The van der Waals surface area contributed by atoms with Crippen LogP contribution in [0.15, 0.2) is 18.2 Å². The van der Waals surface area contributed by atoms with Crippen LogP contribution in [0.1, 0.15) is 45.0 Å². The van der Waals surface area contributed by atoms with E-state index in [1.165, 1.54) is 18.2 Å². The second kappa shape index (κ2) is 7.75. The average molecular weight is 352 g/mol. The van der Waals surface area contributed by atoms with E-state index in [4.69, 9.17) is 20.1 Å². The van der Waals surface area contributed by atoms with Crippen LogP contribution in [0.4, 0.5) is 4.79 Å². The van der Waals surface area contributed by atoms with Crippen LogP contribution >= 0.6 is 0 Å². The number of ether oxygens (including phenoxy) is 3. The Bertz CT molecular complexity index is 707. The summed E-state index contributed by atoms with van der Waals surface area (Å²) in [6, 6.07) is 3.96. The van der Waals surface area contributed by atoms with Crippen molar-refractivity contribution in [2.45, 2.75) is 40.2 Å². The first-order chi connectivity index (χ1) is 11.4. The predicted octanol–water partition coefficient (Wildman–Crippen LogP) is 1.79. The number of hydrazine groups is 1. The Morgan fingerprint density at radius 1 is 1.00 bits per heavy atom. The quantitative estimate of drug-likeness (QED) is 0.287. The Morgan fingerprint density at radius 3 is 2.04 bits per heavy atom. The van der Waals surface area contributed by atoms with Gasteiger partial charge in [0, 0.05) is 13.8 Å². The van der Waals surface area contributed by atoms with E-state index in [2.05, 4.69) is 0 Å². The third kappa shape index (κ3) is 5.88. The summed E-state index contributed by atoms with van der Waals surface area (Å²) < 4.78 is 14.9. The fourth-order valence-electron chi connectivity index (χ4n) is 1.69.